The average Bonchev–Trinajstić information content (AvgIpc) is 2.77. The third kappa shape index (κ3) is 4.47. The molecule has 1 aliphatic heterocycles. The Morgan fingerprint density at radius 3 is 2.42 bits per heavy atom. The van der Waals surface area contributed by atoms with Gasteiger partial charge in [-0.05, 0) is 41.7 Å². The van der Waals surface area contributed by atoms with Crippen LogP contribution >= 0.6 is 0 Å². The molecule has 33 heavy (non-hydrogen) atoms. The number of carbonyl (C=O) groups excluding carboxylic acids is 1. The van der Waals surface area contributed by atoms with E-state index in [4.69, 9.17) is 15.2 Å². The number of esters is 1. The number of hydrogen-bond donors (Lipinski definition) is 1. The molecule has 0 spiro atoms. The molecule has 5 nitrogen and oxygen atoms in total. The van der Waals surface area contributed by atoms with E-state index in [9.17, 15) is 10.1 Å². The third-order valence-electron chi connectivity index (χ3n) is 5.76. The van der Waals surface area contributed by atoms with E-state index < -0.39 is 5.97 Å². The smallest absolute Gasteiger partial charge is 0.343 e. The molecule has 0 saturated carbocycles. The summed E-state index contributed by atoms with van der Waals surface area (Å²) < 4.78 is 11.3. The number of nitrogens with two attached hydrogens (primary N) is 1. The number of rotatable bonds is 3. The van der Waals surface area contributed by atoms with Crippen LogP contribution in [-0.2, 0) is 5.41 Å². The molecule has 1 unspecified atom stereocenters. The van der Waals surface area contributed by atoms with Gasteiger partial charge in [0.05, 0.1) is 11.5 Å². The molecular formula is C28H26N2O3. The summed E-state index contributed by atoms with van der Waals surface area (Å²) in [5, 5.41) is 9.79. The SMILES string of the molecule is Cc1cccc(C(=O)Oc2ccc3c(c2)OC(N)=C(C#N)C3c2ccc(C(C)(C)C)cc2)c1. The molecule has 0 radical (unpaired) electrons. The zero-order valence-corrected chi connectivity index (χ0v) is 19.2. The number of allylic oxidation sites excluding steroid dienone is 1. The van der Waals surface area contributed by atoms with Gasteiger partial charge in [0.2, 0.25) is 5.88 Å². The molecule has 0 fully saturated rings. The molecule has 0 aromatic heterocycles. The van der Waals surface area contributed by atoms with Gasteiger partial charge in [-0.2, -0.15) is 5.26 Å². The zero-order chi connectivity index (χ0) is 23.8. The second kappa shape index (κ2) is 8.48. The zero-order valence-electron chi connectivity index (χ0n) is 19.2. The van der Waals surface area contributed by atoms with Crippen molar-refractivity contribution in [1.29, 1.82) is 5.26 Å². The van der Waals surface area contributed by atoms with Crippen molar-refractivity contribution in [2.75, 3.05) is 0 Å². The van der Waals surface area contributed by atoms with Crippen molar-refractivity contribution in [3.05, 3.63) is 106 Å². The van der Waals surface area contributed by atoms with Crippen molar-refractivity contribution in [2.24, 2.45) is 5.73 Å². The predicted molar refractivity (Wildman–Crippen MR) is 127 cm³/mol. The van der Waals surface area contributed by atoms with E-state index in [1.165, 1.54) is 5.56 Å². The van der Waals surface area contributed by atoms with Crippen LogP contribution in [0.3, 0.4) is 0 Å². The molecule has 2 N–H and O–H groups in total. The van der Waals surface area contributed by atoms with Crippen molar-refractivity contribution < 1.29 is 14.3 Å². The van der Waals surface area contributed by atoms with Gasteiger partial charge in [0, 0.05) is 11.6 Å². The first kappa shape index (κ1) is 22.2. The highest BCUT2D eigenvalue weighted by Crippen LogP contribution is 2.43. The summed E-state index contributed by atoms with van der Waals surface area (Å²) in [6.07, 6.45) is 0. The Labute approximate surface area is 194 Å². The van der Waals surface area contributed by atoms with Crippen molar-refractivity contribution in [3.8, 4) is 17.6 Å². The van der Waals surface area contributed by atoms with Gasteiger partial charge in [-0.25, -0.2) is 4.79 Å². The third-order valence-corrected chi connectivity index (χ3v) is 5.76. The maximum absolute atomic E-state index is 12.6. The number of nitrogens with zero attached hydrogens (tertiary/aromatic N) is 1. The van der Waals surface area contributed by atoms with Gasteiger partial charge >= 0.3 is 5.97 Å². The van der Waals surface area contributed by atoms with E-state index in [0.29, 0.717) is 22.6 Å². The predicted octanol–water partition coefficient (Wildman–Crippen LogP) is 5.73. The van der Waals surface area contributed by atoms with Crippen LogP contribution in [0.2, 0.25) is 0 Å². The maximum atomic E-state index is 12.6. The first-order valence-corrected chi connectivity index (χ1v) is 10.8. The Morgan fingerprint density at radius 2 is 1.79 bits per heavy atom. The molecule has 3 aromatic carbocycles. The maximum Gasteiger partial charge on any atom is 0.343 e. The Kier molecular flexibility index (Phi) is 5.69. The van der Waals surface area contributed by atoms with Gasteiger partial charge in [-0.15, -0.1) is 0 Å². The molecule has 4 rings (SSSR count). The van der Waals surface area contributed by atoms with Crippen LogP contribution in [0, 0.1) is 18.3 Å². The van der Waals surface area contributed by atoms with Gasteiger partial charge in [0.15, 0.2) is 0 Å². The fourth-order valence-electron chi connectivity index (χ4n) is 3.96. The first-order valence-electron chi connectivity index (χ1n) is 10.8. The quantitative estimate of drug-likeness (QED) is 0.417. The van der Waals surface area contributed by atoms with Crippen LogP contribution in [0.4, 0.5) is 0 Å². The minimum absolute atomic E-state index is 0.0229. The van der Waals surface area contributed by atoms with Crippen molar-refractivity contribution in [2.45, 2.75) is 39.0 Å². The van der Waals surface area contributed by atoms with Crippen molar-refractivity contribution in [1.82, 2.24) is 0 Å². The fraction of sp³-hybridized carbons (Fsp3) is 0.214. The van der Waals surface area contributed by atoms with Gasteiger partial charge < -0.3 is 15.2 Å². The van der Waals surface area contributed by atoms with Crippen LogP contribution in [0.1, 0.15) is 59.3 Å². The highest BCUT2D eigenvalue weighted by atomic mass is 16.5. The van der Waals surface area contributed by atoms with E-state index in [1.807, 2.05) is 37.3 Å². The van der Waals surface area contributed by atoms with Crippen LogP contribution in [0.5, 0.6) is 11.5 Å². The fourth-order valence-corrected chi connectivity index (χ4v) is 3.96. The molecule has 1 aliphatic rings. The molecule has 0 bridgehead atoms. The second-order valence-electron chi connectivity index (χ2n) is 9.26. The van der Waals surface area contributed by atoms with Gasteiger partial charge in [0.1, 0.15) is 23.1 Å². The monoisotopic (exact) mass is 438 g/mol. The first-order chi connectivity index (χ1) is 15.7. The molecule has 0 saturated heterocycles. The molecule has 166 valence electrons. The lowest BCUT2D eigenvalue weighted by Gasteiger charge is -2.27. The largest absolute Gasteiger partial charge is 0.440 e. The lowest BCUT2D eigenvalue weighted by molar-refractivity contribution is 0.0734. The van der Waals surface area contributed by atoms with E-state index in [-0.39, 0.29) is 17.2 Å². The number of aryl methyl sites for hydroxylation is 1. The molecule has 3 aromatic rings. The van der Waals surface area contributed by atoms with Crippen LogP contribution in [0.25, 0.3) is 0 Å². The van der Waals surface area contributed by atoms with E-state index in [2.05, 4.69) is 39.0 Å². The Bertz CT molecular complexity index is 1290. The number of ether oxygens (including phenoxy) is 2. The lowest BCUT2D eigenvalue weighted by atomic mass is 9.81. The standard InChI is InChI=1S/C28H26N2O3/c1-17-6-5-7-19(14-17)27(31)32-21-12-13-22-24(15-21)33-26(30)23(16-29)25(22)18-8-10-20(11-9-18)28(2,3)4/h5-15,25H,30H2,1-4H3. The topological polar surface area (TPSA) is 85.3 Å². The highest BCUT2D eigenvalue weighted by molar-refractivity contribution is 5.91. The van der Waals surface area contributed by atoms with Gasteiger partial charge in [-0.3, -0.25) is 0 Å². The van der Waals surface area contributed by atoms with Crippen LogP contribution in [-0.4, -0.2) is 5.97 Å². The van der Waals surface area contributed by atoms with E-state index in [1.54, 1.807) is 24.3 Å². The summed E-state index contributed by atoms with van der Waals surface area (Å²) >= 11 is 0. The normalized spacial score (nSPS) is 15.3. The molecule has 1 atom stereocenters. The minimum atomic E-state index is -0.454. The van der Waals surface area contributed by atoms with E-state index in [0.717, 1.165) is 16.7 Å². The minimum Gasteiger partial charge on any atom is -0.440 e. The van der Waals surface area contributed by atoms with Crippen LogP contribution < -0.4 is 15.2 Å². The lowest BCUT2D eigenvalue weighted by Crippen LogP contribution is -2.21. The molecule has 5 heteroatoms. The Hall–Kier alpha value is -4.04. The Morgan fingerprint density at radius 1 is 1.06 bits per heavy atom. The number of benzene rings is 3. The average molecular weight is 439 g/mol. The highest BCUT2D eigenvalue weighted by Gasteiger charge is 2.31. The Balaban J connectivity index is 1.68. The summed E-state index contributed by atoms with van der Waals surface area (Å²) in [4.78, 5) is 12.6. The second-order valence-corrected chi connectivity index (χ2v) is 9.26. The summed E-state index contributed by atoms with van der Waals surface area (Å²) in [7, 11) is 0. The summed E-state index contributed by atoms with van der Waals surface area (Å²) in [6, 6.07) is 22.8. The van der Waals surface area contributed by atoms with Gasteiger partial charge in [0.25, 0.3) is 0 Å². The van der Waals surface area contributed by atoms with Gasteiger partial charge in [-0.1, -0.05) is 68.8 Å². The molecule has 0 amide bonds. The summed E-state index contributed by atoms with van der Waals surface area (Å²) in [5.74, 6) is 0.0394. The van der Waals surface area contributed by atoms with Crippen molar-refractivity contribution >= 4 is 5.97 Å². The molecule has 1 heterocycles. The summed E-state index contributed by atoms with van der Waals surface area (Å²) in [6.45, 7) is 8.39. The molecule has 0 aliphatic carbocycles. The molecular weight excluding hydrogens is 412 g/mol. The number of hydrogen-bond acceptors (Lipinski definition) is 5. The van der Waals surface area contributed by atoms with Crippen LogP contribution in [0.15, 0.2) is 78.2 Å². The number of fused-ring (bicyclic) bond motifs is 1. The van der Waals surface area contributed by atoms with Crippen molar-refractivity contribution in [3.63, 3.8) is 0 Å². The summed E-state index contributed by atoms with van der Waals surface area (Å²) in [5.41, 5.74) is 10.9. The number of carbonyl (C=O) groups is 1. The van der Waals surface area contributed by atoms with E-state index >= 15 is 0 Å². The number of nitriles is 1.